The summed E-state index contributed by atoms with van der Waals surface area (Å²) in [5, 5.41) is 30.2. The van der Waals surface area contributed by atoms with Crippen LogP contribution in [0.1, 0.15) is 58.3 Å². The fraction of sp³-hybridized carbons (Fsp3) is 0.778. The van der Waals surface area contributed by atoms with Crippen LogP contribution in [0.25, 0.3) is 0 Å². The summed E-state index contributed by atoms with van der Waals surface area (Å²) in [6.45, 7) is 2.26. The summed E-state index contributed by atoms with van der Waals surface area (Å²) >= 11 is 0. The van der Waals surface area contributed by atoms with Crippen LogP contribution in [0.4, 0.5) is 0 Å². The third-order valence-electron chi connectivity index (χ3n) is 6.81. The fourth-order valence-electron chi connectivity index (χ4n) is 5.55. The van der Waals surface area contributed by atoms with Gasteiger partial charge in [-0.3, -0.25) is 0 Å². The normalized spacial score (nSPS) is 44.8. The molecule has 0 heterocycles. The summed E-state index contributed by atoms with van der Waals surface area (Å²) in [4.78, 5) is 0. The molecule has 21 heavy (non-hydrogen) atoms. The number of allylic oxidation sites excluding steroid dienone is 3. The molecule has 0 spiro atoms. The first-order valence-electron chi connectivity index (χ1n) is 8.45. The van der Waals surface area contributed by atoms with E-state index in [4.69, 9.17) is 0 Å². The van der Waals surface area contributed by atoms with Gasteiger partial charge in [0.25, 0.3) is 0 Å². The highest BCUT2D eigenvalue weighted by molar-refractivity contribution is 5.44. The maximum absolute atomic E-state index is 10.4. The minimum absolute atomic E-state index is 0.0681. The van der Waals surface area contributed by atoms with Crippen molar-refractivity contribution in [3.63, 3.8) is 0 Å². The van der Waals surface area contributed by atoms with Crippen LogP contribution in [0.5, 0.6) is 0 Å². The SMILES string of the molecule is C[C@]12CC=C3C4=C(CC[C@H]3[C@@H]1CC[C@@H]2O)CC(O)(O)CC4. The Balaban J connectivity index is 1.70. The molecule has 1 fully saturated rings. The average Bonchev–Trinajstić information content (AvgIpc) is 2.73. The van der Waals surface area contributed by atoms with Crippen molar-refractivity contribution in [2.45, 2.75) is 70.2 Å². The second kappa shape index (κ2) is 4.43. The molecule has 0 amide bonds. The van der Waals surface area contributed by atoms with Gasteiger partial charge in [0, 0.05) is 18.3 Å². The minimum atomic E-state index is -1.49. The molecule has 3 heteroatoms. The molecule has 4 aliphatic rings. The van der Waals surface area contributed by atoms with Crippen LogP contribution >= 0.6 is 0 Å². The van der Waals surface area contributed by atoms with E-state index in [1.165, 1.54) is 16.7 Å². The lowest BCUT2D eigenvalue weighted by Gasteiger charge is -2.47. The molecule has 116 valence electrons. The molecule has 0 bridgehead atoms. The van der Waals surface area contributed by atoms with Gasteiger partial charge in [-0.05, 0) is 61.5 Å². The van der Waals surface area contributed by atoms with Crippen molar-refractivity contribution in [1.82, 2.24) is 0 Å². The molecule has 4 rings (SSSR count). The monoisotopic (exact) mass is 290 g/mol. The zero-order chi connectivity index (χ0) is 14.8. The minimum Gasteiger partial charge on any atom is -0.393 e. The zero-order valence-electron chi connectivity index (χ0n) is 12.8. The molecular weight excluding hydrogens is 264 g/mol. The van der Waals surface area contributed by atoms with Crippen molar-refractivity contribution in [2.24, 2.45) is 17.3 Å². The van der Waals surface area contributed by atoms with Crippen molar-refractivity contribution in [2.75, 3.05) is 0 Å². The Morgan fingerprint density at radius 2 is 1.95 bits per heavy atom. The number of fused-ring (bicyclic) bond motifs is 4. The van der Waals surface area contributed by atoms with E-state index in [1.54, 1.807) is 0 Å². The molecule has 1 saturated carbocycles. The van der Waals surface area contributed by atoms with E-state index in [9.17, 15) is 15.3 Å². The third-order valence-corrected chi connectivity index (χ3v) is 6.81. The second-order valence-electron chi connectivity index (χ2n) is 7.96. The Hall–Kier alpha value is -0.640. The van der Waals surface area contributed by atoms with Crippen LogP contribution in [0.15, 0.2) is 22.8 Å². The Kier molecular flexibility index (Phi) is 2.95. The van der Waals surface area contributed by atoms with E-state index in [0.717, 1.165) is 38.5 Å². The zero-order valence-corrected chi connectivity index (χ0v) is 12.8. The molecule has 4 atom stereocenters. The van der Waals surface area contributed by atoms with E-state index in [0.29, 0.717) is 24.7 Å². The van der Waals surface area contributed by atoms with E-state index in [2.05, 4.69) is 13.0 Å². The van der Waals surface area contributed by atoms with Gasteiger partial charge in [0.15, 0.2) is 5.79 Å². The smallest absolute Gasteiger partial charge is 0.166 e. The van der Waals surface area contributed by atoms with Crippen LogP contribution < -0.4 is 0 Å². The first-order valence-corrected chi connectivity index (χ1v) is 8.45. The highest BCUT2D eigenvalue weighted by Crippen LogP contribution is 2.59. The molecule has 3 nitrogen and oxygen atoms in total. The summed E-state index contributed by atoms with van der Waals surface area (Å²) in [5.41, 5.74) is 4.26. The lowest BCUT2D eigenvalue weighted by atomic mass is 9.58. The maximum Gasteiger partial charge on any atom is 0.166 e. The van der Waals surface area contributed by atoms with Gasteiger partial charge in [-0.25, -0.2) is 0 Å². The molecule has 0 radical (unpaired) electrons. The van der Waals surface area contributed by atoms with Gasteiger partial charge in [-0.15, -0.1) is 0 Å². The van der Waals surface area contributed by atoms with Gasteiger partial charge in [0.1, 0.15) is 0 Å². The van der Waals surface area contributed by atoms with Crippen molar-refractivity contribution in [3.05, 3.63) is 22.8 Å². The summed E-state index contributed by atoms with van der Waals surface area (Å²) in [5.74, 6) is -0.292. The van der Waals surface area contributed by atoms with Gasteiger partial charge in [-0.2, -0.15) is 0 Å². The Labute approximate surface area is 126 Å². The highest BCUT2D eigenvalue weighted by Gasteiger charge is 2.52. The van der Waals surface area contributed by atoms with E-state index in [-0.39, 0.29) is 11.5 Å². The molecule has 0 aromatic heterocycles. The van der Waals surface area contributed by atoms with Crippen LogP contribution in [0.3, 0.4) is 0 Å². The molecule has 0 aromatic carbocycles. The highest BCUT2D eigenvalue weighted by atomic mass is 16.5. The van der Waals surface area contributed by atoms with Gasteiger partial charge in [0.2, 0.25) is 0 Å². The summed E-state index contributed by atoms with van der Waals surface area (Å²) in [6, 6.07) is 0. The lowest BCUT2D eigenvalue weighted by Crippen LogP contribution is -2.42. The van der Waals surface area contributed by atoms with Crippen molar-refractivity contribution >= 4 is 0 Å². The fourth-order valence-corrected chi connectivity index (χ4v) is 5.55. The quantitative estimate of drug-likeness (QED) is 0.601. The van der Waals surface area contributed by atoms with Crippen LogP contribution in [0, 0.1) is 17.3 Å². The number of hydrogen-bond acceptors (Lipinski definition) is 3. The van der Waals surface area contributed by atoms with E-state index in [1.807, 2.05) is 0 Å². The average molecular weight is 290 g/mol. The van der Waals surface area contributed by atoms with Crippen molar-refractivity contribution < 1.29 is 15.3 Å². The molecule has 0 unspecified atom stereocenters. The maximum atomic E-state index is 10.4. The van der Waals surface area contributed by atoms with E-state index >= 15 is 0 Å². The topological polar surface area (TPSA) is 60.7 Å². The number of aliphatic hydroxyl groups excluding tert-OH is 1. The van der Waals surface area contributed by atoms with Crippen molar-refractivity contribution in [1.29, 1.82) is 0 Å². The number of hydrogen-bond donors (Lipinski definition) is 3. The van der Waals surface area contributed by atoms with Crippen molar-refractivity contribution in [3.8, 4) is 0 Å². The largest absolute Gasteiger partial charge is 0.393 e. The summed E-state index contributed by atoms with van der Waals surface area (Å²) in [6.07, 6.45) is 9.10. The Bertz CT molecular complexity index is 531. The Morgan fingerprint density at radius 3 is 2.76 bits per heavy atom. The standard InChI is InChI=1S/C18H26O3/c1-17-8-6-13-12-7-9-18(20,21)10-11(12)2-3-14(13)15(17)4-5-16(17)19/h6,14-16,19-21H,2-5,7-10H2,1H3/t14-,15+,16+,17+/m1/s1. The van der Waals surface area contributed by atoms with Gasteiger partial charge in [-0.1, -0.05) is 18.6 Å². The number of aliphatic hydroxyl groups is 3. The van der Waals surface area contributed by atoms with Crippen LogP contribution in [0.2, 0.25) is 0 Å². The molecule has 0 saturated heterocycles. The third kappa shape index (κ3) is 1.97. The lowest BCUT2D eigenvalue weighted by molar-refractivity contribution is -0.167. The molecule has 4 aliphatic carbocycles. The summed E-state index contributed by atoms with van der Waals surface area (Å²) < 4.78 is 0. The molecule has 0 aromatic rings. The predicted molar refractivity (Wildman–Crippen MR) is 80.3 cm³/mol. The first kappa shape index (κ1) is 14.0. The predicted octanol–water partition coefficient (Wildman–Crippen LogP) is 2.67. The number of rotatable bonds is 0. The van der Waals surface area contributed by atoms with Gasteiger partial charge in [0.05, 0.1) is 6.10 Å². The van der Waals surface area contributed by atoms with Gasteiger partial charge < -0.3 is 15.3 Å². The van der Waals surface area contributed by atoms with Crippen LogP contribution in [-0.2, 0) is 0 Å². The second-order valence-corrected chi connectivity index (χ2v) is 7.96. The molecule has 3 N–H and O–H groups in total. The van der Waals surface area contributed by atoms with Crippen LogP contribution in [-0.4, -0.2) is 27.2 Å². The Morgan fingerprint density at radius 1 is 1.14 bits per heavy atom. The molecular formula is C18H26O3. The molecule has 0 aliphatic heterocycles. The first-order chi connectivity index (χ1) is 9.91. The van der Waals surface area contributed by atoms with Gasteiger partial charge >= 0.3 is 0 Å². The van der Waals surface area contributed by atoms with E-state index < -0.39 is 5.79 Å². The summed E-state index contributed by atoms with van der Waals surface area (Å²) in [7, 11) is 0.